The van der Waals surface area contributed by atoms with E-state index in [0.717, 1.165) is 0 Å². The quantitative estimate of drug-likeness (QED) is 0.106. The first kappa shape index (κ1) is 35.4. The molecule has 19 nitrogen and oxygen atoms in total. The van der Waals surface area contributed by atoms with Crippen LogP contribution in [-0.2, 0) is 24.0 Å². The van der Waals surface area contributed by atoms with Gasteiger partial charge in [0.15, 0.2) is 0 Å². The number of aromatic nitrogens is 4. The molecule has 2 rings (SSSR count). The van der Waals surface area contributed by atoms with E-state index < -0.39 is 35.8 Å². The zero-order valence-corrected chi connectivity index (χ0v) is 24.2. The van der Waals surface area contributed by atoms with Crippen molar-refractivity contribution in [3.63, 3.8) is 0 Å². The number of carbonyl (C=O) groups is 5. The molecule has 0 bridgehead atoms. The average Bonchev–Trinajstić information content (AvgIpc) is 2.92. The zero-order chi connectivity index (χ0) is 31.8. The molecule has 6 N–H and O–H groups in total. The van der Waals surface area contributed by atoms with Gasteiger partial charge in [-0.1, -0.05) is 0 Å². The van der Waals surface area contributed by atoms with Crippen LogP contribution in [0.1, 0.15) is 12.8 Å². The third-order valence-electron chi connectivity index (χ3n) is 6.50. The van der Waals surface area contributed by atoms with Crippen LogP contribution in [0.2, 0.25) is 5.28 Å². The van der Waals surface area contributed by atoms with Crippen LogP contribution < -0.4 is 10.6 Å². The predicted octanol–water partition coefficient (Wildman–Crippen LogP) is -2.84. The summed E-state index contributed by atoms with van der Waals surface area (Å²) in [6.07, 6.45) is -0.164. The molecule has 20 heteroatoms. The van der Waals surface area contributed by atoms with Gasteiger partial charge in [0.1, 0.15) is 6.04 Å². The molecule has 1 fully saturated rings. The van der Waals surface area contributed by atoms with Crippen molar-refractivity contribution in [3.8, 4) is 0 Å². The predicted molar refractivity (Wildman–Crippen MR) is 149 cm³/mol. The molecule has 1 aromatic rings. The van der Waals surface area contributed by atoms with Crippen LogP contribution in [0.15, 0.2) is 0 Å². The lowest BCUT2D eigenvalue weighted by molar-refractivity contribution is -0.145. The fourth-order valence-corrected chi connectivity index (χ4v) is 4.47. The van der Waals surface area contributed by atoms with E-state index in [-0.39, 0.29) is 109 Å². The van der Waals surface area contributed by atoms with Gasteiger partial charge >= 0.3 is 23.9 Å². The molecule has 2 heterocycles. The van der Waals surface area contributed by atoms with E-state index >= 15 is 0 Å². The number of amides is 1. The summed E-state index contributed by atoms with van der Waals surface area (Å²) in [6.45, 7) is 0.865. The molecule has 43 heavy (non-hydrogen) atoms. The van der Waals surface area contributed by atoms with Gasteiger partial charge in [0.2, 0.25) is 5.91 Å². The maximum atomic E-state index is 12.5. The molecule has 1 saturated heterocycles. The fourth-order valence-electron chi connectivity index (χ4n) is 4.40. The Balaban J connectivity index is 2.05. The molecule has 1 aliphatic heterocycles. The van der Waals surface area contributed by atoms with Gasteiger partial charge in [0.25, 0.3) is 11.2 Å². The van der Waals surface area contributed by atoms with Crippen molar-refractivity contribution in [3.05, 3.63) is 5.28 Å². The Hall–Kier alpha value is -3.78. The minimum Gasteiger partial charge on any atom is -0.480 e. The third-order valence-corrected chi connectivity index (χ3v) is 6.66. The lowest BCUT2D eigenvalue weighted by Crippen LogP contribution is -2.52. The number of hydrogen-bond acceptors (Lipinski definition) is 14. The SMILES string of the molecule is O=C(O)CN1CCN(CC(=O)O)CCN(C(CCC(=O)NCCNc2nnc(Cl)nn2)C(=O)O)CCN(CC(=O)O)CC1. The van der Waals surface area contributed by atoms with Crippen LogP contribution in [-0.4, -0.2) is 181 Å². The van der Waals surface area contributed by atoms with E-state index in [0.29, 0.717) is 0 Å². The second-order valence-electron chi connectivity index (χ2n) is 9.71. The highest BCUT2D eigenvalue weighted by Gasteiger charge is 2.28. The van der Waals surface area contributed by atoms with Crippen LogP contribution in [0.25, 0.3) is 0 Å². The van der Waals surface area contributed by atoms with Crippen LogP contribution in [0.5, 0.6) is 0 Å². The first-order chi connectivity index (χ1) is 20.4. The number of aliphatic carboxylic acids is 4. The van der Waals surface area contributed by atoms with E-state index in [1.165, 1.54) is 0 Å². The Morgan fingerprint density at radius 3 is 1.56 bits per heavy atom. The summed E-state index contributed by atoms with van der Waals surface area (Å²) in [5, 5.41) is 57.8. The molecule has 1 aliphatic rings. The summed E-state index contributed by atoms with van der Waals surface area (Å²) in [5.41, 5.74) is 0. The maximum Gasteiger partial charge on any atom is 0.320 e. The summed E-state index contributed by atoms with van der Waals surface area (Å²) in [6, 6.07) is -1.10. The van der Waals surface area contributed by atoms with Crippen molar-refractivity contribution in [2.45, 2.75) is 18.9 Å². The standard InChI is InChI=1S/C23H37ClN10O9/c24-22-27-29-23(30-28-22)26-4-3-25-17(35)2-1-16(21(42)43)34-11-9-32(14-19(38)39)7-5-31(13-18(36)37)6-8-33(10-12-34)15-20(40)41/h16H,1-15H2,(H,25,35)(H,36,37)(H,38,39)(H,40,41)(H,42,43)(H,26,29,30). The molecule has 0 spiro atoms. The van der Waals surface area contributed by atoms with Crippen LogP contribution in [0.4, 0.5) is 5.95 Å². The highest BCUT2D eigenvalue weighted by molar-refractivity contribution is 6.28. The number of carbonyl (C=O) groups excluding carboxylic acids is 1. The number of carboxylic acid groups (broad SMARTS) is 4. The fraction of sp³-hybridized carbons (Fsp3) is 0.696. The van der Waals surface area contributed by atoms with Crippen LogP contribution >= 0.6 is 11.6 Å². The van der Waals surface area contributed by atoms with Gasteiger partial charge in [-0.25, -0.2) is 0 Å². The number of nitrogens with zero attached hydrogens (tertiary/aromatic N) is 8. The molecule has 0 aliphatic carbocycles. The molecule has 1 amide bonds. The Labute approximate surface area is 251 Å². The summed E-state index contributed by atoms with van der Waals surface area (Å²) in [4.78, 5) is 65.4. The van der Waals surface area contributed by atoms with Crippen LogP contribution in [0.3, 0.4) is 0 Å². The summed E-state index contributed by atoms with van der Waals surface area (Å²) in [7, 11) is 0. The first-order valence-corrected chi connectivity index (χ1v) is 13.8. The summed E-state index contributed by atoms with van der Waals surface area (Å²) < 4.78 is 0. The van der Waals surface area contributed by atoms with Gasteiger partial charge in [0, 0.05) is 71.9 Å². The van der Waals surface area contributed by atoms with E-state index in [1.807, 2.05) is 0 Å². The largest absolute Gasteiger partial charge is 0.480 e. The molecular formula is C23H37ClN10O9. The Bertz CT molecular complexity index is 1050. The Kier molecular flexibility index (Phi) is 15.4. The minimum absolute atomic E-state index is 0.0486. The molecule has 240 valence electrons. The number of nitrogens with one attached hydrogen (secondary N) is 2. The van der Waals surface area contributed by atoms with E-state index in [1.54, 1.807) is 19.6 Å². The molecule has 0 saturated carbocycles. The molecule has 1 atom stereocenters. The number of hydrogen-bond donors (Lipinski definition) is 6. The van der Waals surface area contributed by atoms with Gasteiger partial charge < -0.3 is 31.1 Å². The lowest BCUT2D eigenvalue weighted by atomic mass is 10.1. The van der Waals surface area contributed by atoms with Crippen molar-refractivity contribution in [1.29, 1.82) is 0 Å². The normalized spacial score (nSPS) is 17.2. The number of carboxylic acids is 4. The van der Waals surface area contributed by atoms with Gasteiger partial charge in [-0.15, -0.1) is 20.4 Å². The molecule has 1 aromatic heterocycles. The van der Waals surface area contributed by atoms with E-state index in [2.05, 4.69) is 31.0 Å². The zero-order valence-electron chi connectivity index (χ0n) is 23.5. The van der Waals surface area contributed by atoms with Gasteiger partial charge in [-0.3, -0.25) is 43.6 Å². The summed E-state index contributed by atoms with van der Waals surface area (Å²) in [5.74, 6) is -4.71. The van der Waals surface area contributed by atoms with Crippen LogP contribution in [0, 0.1) is 0 Å². The van der Waals surface area contributed by atoms with Crippen molar-refractivity contribution in [2.24, 2.45) is 0 Å². The second-order valence-corrected chi connectivity index (χ2v) is 10.0. The maximum absolute atomic E-state index is 12.5. The Morgan fingerprint density at radius 1 is 0.698 bits per heavy atom. The van der Waals surface area contributed by atoms with Crippen molar-refractivity contribution in [2.75, 3.05) is 90.4 Å². The van der Waals surface area contributed by atoms with Crippen molar-refractivity contribution >= 4 is 47.3 Å². The van der Waals surface area contributed by atoms with Gasteiger partial charge in [-0.2, -0.15) is 0 Å². The molecular weight excluding hydrogens is 596 g/mol. The molecule has 1 unspecified atom stereocenters. The highest BCUT2D eigenvalue weighted by atomic mass is 35.5. The highest BCUT2D eigenvalue weighted by Crippen LogP contribution is 2.11. The number of rotatable bonds is 15. The Morgan fingerprint density at radius 2 is 1.14 bits per heavy atom. The second kappa shape index (κ2) is 18.7. The lowest BCUT2D eigenvalue weighted by Gasteiger charge is -2.35. The number of anilines is 1. The topological polar surface area (TPSA) is 255 Å². The number of halogens is 1. The summed E-state index contributed by atoms with van der Waals surface area (Å²) >= 11 is 5.53. The smallest absolute Gasteiger partial charge is 0.320 e. The van der Waals surface area contributed by atoms with E-state index in [4.69, 9.17) is 11.6 Å². The minimum atomic E-state index is -1.18. The van der Waals surface area contributed by atoms with Gasteiger partial charge in [0.05, 0.1) is 19.6 Å². The third kappa shape index (κ3) is 14.8. The first-order valence-electron chi connectivity index (χ1n) is 13.5. The van der Waals surface area contributed by atoms with Crippen molar-refractivity contribution < 1.29 is 44.4 Å². The average molecular weight is 633 g/mol. The van der Waals surface area contributed by atoms with Crippen molar-refractivity contribution in [1.82, 2.24) is 45.3 Å². The van der Waals surface area contributed by atoms with E-state index in [9.17, 15) is 44.4 Å². The van der Waals surface area contributed by atoms with Gasteiger partial charge in [-0.05, 0) is 18.0 Å². The molecule has 0 aromatic carbocycles. The monoisotopic (exact) mass is 632 g/mol. The molecule has 0 radical (unpaired) electrons.